The first-order valence-electron chi connectivity index (χ1n) is 9.07. The predicted molar refractivity (Wildman–Crippen MR) is 108 cm³/mol. The Morgan fingerprint density at radius 1 is 0.931 bits per heavy atom. The molecule has 0 fully saturated rings. The van der Waals surface area contributed by atoms with Crippen molar-refractivity contribution < 1.29 is 14.0 Å². The zero-order valence-corrected chi connectivity index (χ0v) is 15.8. The van der Waals surface area contributed by atoms with Gasteiger partial charge in [0.1, 0.15) is 11.4 Å². The van der Waals surface area contributed by atoms with Crippen LogP contribution in [0.3, 0.4) is 0 Å². The molecule has 1 aromatic heterocycles. The molecule has 0 unspecified atom stereocenters. The Hall–Kier alpha value is -3.74. The highest BCUT2D eigenvalue weighted by atomic mass is 19.1. The molecular formula is C22H20FN3O3. The molecule has 148 valence electrons. The summed E-state index contributed by atoms with van der Waals surface area (Å²) in [6.45, 7) is 1.87. The summed E-state index contributed by atoms with van der Waals surface area (Å²) in [4.78, 5) is 39.1. The zero-order valence-electron chi connectivity index (χ0n) is 15.8. The van der Waals surface area contributed by atoms with Crippen molar-refractivity contribution in [2.24, 2.45) is 0 Å². The Morgan fingerprint density at radius 3 is 2.28 bits per heavy atom. The van der Waals surface area contributed by atoms with Crippen molar-refractivity contribution in [3.8, 4) is 11.3 Å². The number of aromatic nitrogens is 1. The first-order chi connectivity index (χ1) is 14.0. The Bertz CT molecular complexity index is 1090. The molecule has 3 aromatic rings. The van der Waals surface area contributed by atoms with E-state index in [-0.39, 0.29) is 24.2 Å². The summed E-state index contributed by atoms with van der Waals surface area (Å²) in [5.74, 6) is -1.44. The number of aryl methyl sites for hydroxylation is 1. The molecule has 0 radical (unpaired) electrons. The zero-order chi connectivity index (χ0) is 20.8. The second-order valence-electron chi connectivity index (χ2n) is 6.46. The Kier molecular flexibility index (Phi) is 6.19. The number of halogens is 1. The first kappa shape index (κ1) is 20.0. The normalized spacial score (nSPS) is 10.4. The molecule has 3 N–H and O–H groups in total. The van der Waals surface area contributed by atoms with Crippen LogP contribution in [0.15, 0.2) is 65.5 Å². The molecule has 0 spiro atoms. The quantitative estimate of drug-likeness (QED) is 0.563. The second-order valence-corrected chi connectivity index (χ2v) is 6.46. The summed E-state index contributed by atoms with van der Waals surface area (Å²) in [6.07, 6.45) is 0. The summed E-state index contributed by atoms with van der Waals surface area (Å²) in [5.41, 5.74) is 1.60. The van der Waals surface area contributed by atoms with Gasteiger partial charge in [-0.1, -0.05) is 36.4 Å². The maximum atomic E-state index is 13.5. The lowest BCUT2D eigenvalue weighted by Crippen LogP contribution is -2.36. The third kappa shape index (κ3) is 4.95. The van der Waals surface area contributed by atoms with Crippen LogP contribution >= 0.6 is 0 Å². The monoisotopic (exact) mass is 393 g/mol. The van der Waals surface area contributed by atoms with Gasteiger partial charge in [0.05, 0.1) is 0 Å². The minimum atomic E-state index is -0.540. The number of nitrogens with one attached hydrogen (secondary N) is 3. The summed E-state index contributed by atoms with van der Waals surface area (Å²) in [7, 11) is 0. The molecule has 2 amide bonds. The summed E-state index contributed by atoms with van der Waals surface area (Å²) in [5, 5.41) is 5.17. The van der Waals surface area contributed by atoms with Crippen LogP contribution in [-0.4, -0.2) is 29.9 Å². The van der Waals surface area contributed by atoms with E-state index in [4.69, 9.17) is 0 Å². The molecule has 1 heterocycles. The largest absolute Gasteiger partial charge is 0.350 e. The van der Waals surface area contributed by atoms with Gasteiger partial charge in [0, 0.05) is 24.3 Å². The number of rotatable bonds is 6. The lowest BCUT2D eigenvalue weighted by atomic mass is 10.1. The van der Waals surface area contributed by atoms with E-state index in [1.165, 1.54) is 18.2 Å². The van der Waals surface area contributed by atoms with E-state index in [0.717, 1.165) is 11.6 Å². The topological polar surface area (TPSA) is 91.1 Å². The molecule has 0 aliphatic heterocycles. The fraction of sp³-hybridized carbons (Fsp3) is 0.136. The molecule has 3 rings (SSSR count). The van der Waals surface area contributed by atoms with Crippen molar-refractivity contribution in [1.29, 1.82) is 0 Å². The van der Waals surface area contributed by atoms with Gasteiger partial charge in [0.2, 0.25) is 0 Å². The molecule has 29 heavy (non-hydrogen) atoms. The van der Waals surface area contributed by atoms with Gasteiger partial charge in [0.15, 0.2) is 0 Å². The molecular weight excluding hydrogens is 373 g/mol. The van der Waals surface area contributed by atoms with Crippen LogP contribution in [0.5, 0.6) is 0 Å². The molecule has 2 aromatic carbocycles. The smallest absolute Gasteiger partial charge is 0.261 e. The van der Waals surface area contributed by atoms with Crippen LogP contribution in [0, 0.1) is 12.7 Å². The number of pyridine rings is 1. The number of benzene rings is 2. The van der Waals surface area contributed by atoms with Gasteiger partial charge in [-0.25, -0.2) is 4.39 Å². The van der Waals surface area contributed by atoms with Gasteiger partial charge in [-0.3, -0.25) is 14.4 Å². The molecule has 0 atom stereocenters. The van der Waals surface area contributed by atoms with Crippen LogP contribution in [0.1, 0.15) is 26.3 Å². The van der Waals surface area contributed by atoms with E-state index in [0.29, 0.717) is 11.3 Å². The minimum Gasteiger partial charge on any atom is -0.350 e. The average Bonchev–Trinajstić information content (AvgIpc) is 2.73. The lowest BCUT2D eigenvalue weighted by Gasteiger charge is -2.08. The molecule has 0 saturated heterocycles. The molecule has 0 aliphatic carbocycles. The Balaban J connectivity index is 1.53. The van der Waals surface area contributed by atoms with Crippen LogP contribution in [0.4, 0.5) is 4.39 Å². The number of hydrogen-bond donors (Lipinski definition) is 3. The number of carbonyl (C=O) groups excluding carboxylic acids is 2. The highest BCUT2D eigenvalue weighted by molar-refractivity contribution is 5.95. The highest BCUT2D eigenvalue weighted by Crippen LogP contribution is 2.14. The van der Waals surface area contributed by atoms with Crippen LogP contribution in [0.2, 0.25) is 0 Å². The van der Waals surface area contributed by atoms with Crippen molar-refractivity contribution in [3.05, 3.63) is 93.5 Å². The predicted octanol–water partition coefficient (Wildman–Crippen LogP) is 2.65. The average molecular weight is 393 g/mol. The van der Waals surface area contributed by atoms with E-state index in [1.807, 2.05) is 30.3 Å². The third-order valence-corrected chi connectivity index (χ3v) is 4.37. The van der Waals surface area contributed by atoms with E-state index in [2.05, 4.69) is 15.6 Å². The number of carbonyl (C=O) groups is 2. The Labute approximate surface area is 166 Å². The van der Waals surface area contributed by atoms with Crippen molar-refractivity contribution >= 4 is 11.8 Å². The number of amides is 2. The van der Waals surface area contributed by atoms with Crippen molar-refractivity contribution in [2.75, 3.05) is 13.1 Å². The van der Waals surface area contributed by atoms with Crippen molar-refractivity contribution in [3.63, 3.8) is 0 Å². The minimum absolute atomic E-state index is 0.0170. The van der Waals surface area contributed by atoms with Gasteiger partial charge in [0.25, 0.3) is 17.4 Å². The summed E-state index contributed by atoms with van der Waals surface area (Å²) >= 11 is 0. The van der Waals surface area contributed by atoms with Gasteiger partial charge in [-0.05, 0) is 42.3 Å². The number of H-pyrrole nitrogens is 1. The van der Waals surface area contributed by atoms with Crippen molar-refractivity contribution in [2.45, 2.75) is 6.92 Å². The molecule has 7 heteroatoms. The van der Waals surface area contributed by atoms with Crippen LogP contribution in [-0.2, 0) is 0 Å². The maximum Gasteiger partial charge on any atom is 0.261 e. The number of hydrogen-bond acceptors (Lipinski definition) is 3. The summed E-state index contributed by atoms with van der Waals surface area (Å²) in [6, 6.07) is 16.6. The van der Waals surface area contributed by atoms with E-state index < -0.39 is 23.2 Å². The molecule has 0 aliphatic rings. The number of aromatic amines is 1. The fourth-order valence-corrected chi connectivity index (χ4v) is 2.72. The van der Waals surface area contributed by atoms with E-state index >= 15 is 0 Å². The first-order valence-corrected chi connectivity index (χ1v) is 9.07. The molecule has 0 bridgehead atoms. The van der Waals surface area contributed by atoms with Gasteiger partial charge in [-0.2, -0.15) is 0 Å². The molecule has 0 saturated carbocycles. The molecule has 6 nitrogen and oxygen atoms in total. The van der Waals surface area contributed by atoms with Gasteiger partial charge < -0.3 is 15.6 Å². The standard InChI is InChI=1S/C22H20FN3O3/c1-14-7-8-16(13-18(14)23)20(27)24-11-12-25-21(28)17-9-10-19(26-22(17)29)15-5-3-2-4-6-15/h2-10,13H,11-12H2,1H3,(H,24,27)(H,25,28)(H,26,29). The fourth-order valence-electron chi connectivity index (χ4n) is 2.72. The second kappa shape index (κ2) is 8.97. The Morgan fingerprint density at radius 2 is 1.62 bits per heavy atom. The summed E-state index contributed by atoms with van der Waals surface area (Å²) < 4.78 is 13.5. The van der Waals surface area contributed by atoms with E-state index in [9.17, 15) is 18.8 Å². The van der Waals surface area contributed by atoms with Gasteiger partial charge in [-0.15, -0.1) is 0 Å². The van der Waals surface area contributed by atoms with Crippen LogP contribution < -0.4 is 16.2 Å². The van der Waals surface area contributed by atoms with Crippen molar-refractivity contribution in [1.82, 2.24) is 15.6 Å². The van der Waals surface area contributed by atoms with E-state index in [1.54, 1.807) is 13.0 Å². The highest BCUT2D eigenvalue weighted by Gasteiger charge is 2.12. The SMILES string of the molecule is Cc1ccc(C(=O)NCCNC(=O)c2ccc(-c3ccccc3)[nH]c2=O)cc1F. The third-order valence-electron chi connectivity index (χ3n) is 4.37. The lowest BCUT2D eigenvalue weighted by molar-refractivity contribution is 0.0926. The van der Waals surface area contributed by atoms with Crippen LogP contribution in [0.25, 0.3) is 11.3 Å². The maximum absolute atomic E-state index is 13.5. The van der Waals surface area contributed by atoms with Gasteiger partial charge >= 0.3 is 0 Å².